The summed E-state index contributed by atoms with van der Waals surface area (Å²) in [4.78, 5) is 3.91. The van der Waals surface area contributed by atoms with Crippen LogP contribution in [-0.2, 0) is 29.2 Å². The Morgan fingerprint density at radius 1 is 1.19 bits per heavy atom. The maximum Gasteiger partial charge on any atom is 0.416 e. The van der Waals surface area contributed by atoms with Crippen LogP contribution < -0.4 is 0 Å². The minimum Gasteiger partial charge on any atom is -0.237 e. The van der Waals surface area contributed by atoms with E-state index in [9.17, 15) is 21.6 Å². The van der Waals surface area contributed by atoms with E-state index >= 15 is 0 Å². The maximum absolute atomic E-state index is 12.9. The molecule has 0 bridgehead atoms. The Bertz CT molecular complexity index is 1140. The van der Waals surface area contributed by atoms with Crippen molar-refractivity contribution in [1.82, 2.24) is 18.9 Å². The normalized spacial score (nSPS) is 15.9. The van der Waals surface area contributed by atoms with Crippen LogP contribution in [0.25, 0.3) is 5.65 Å². The highest BCUT2D eigenvalue weighted by Gasteiger charge is 2.34. The Morgan fingerprint density at radius 2 is 1.96 bits per heavy atom. The molecule has 0 atom stereocenters. The highest BCUT2D eigenvalue weighted by Crippen LogP contribution is 2.32. The minimum atomic E-state index is -4.60. The predicted molar refractivity (Wildman–Crippen MR) is 90.5 cm³/mol. The number of halogens is 3. The van der Waals surface area contributed by atoms with Crippen molar-refractivity contribution in [1.29, 1.82) is 0 Å². The van der Waals surface area contributed by atoms with E-state index in [1.807, 2.05) is 13.0 Å². The van der Waals surface area contributed by atoms with E-state index in [4.69, 9.17) is 0 Å². The molecule has 1 aliphatic heterocycles. The van der Waals surface area contributed by atoms with Gasteiger partial charge in [0.25, 0.3) is 0 Å². The molecule has 2 aromatic heterocycles. The number of rotatable bonds is 2. The van der Waals surface area contributed by atoms with Gasteiger partial charge in [-0.25, -0.2) is 17.9 Å². The minimum absolute atomic E-state index is 0.0375. The fourth-order valence-corrected chi connectivity index (χ4v) is 4.68. The van der Waals surface area contributed by atoms with Gasteiger partial charge in [-0.1, -0.05) is 6.07 Å². The van der Waals surface area contributed by atoms with Crippen molar-refractivity contribution in [2.24, 2.45) is 0 Å². The number of sulfonamides is 1. The molecule has 6 nitrogen and oxygen atoms in total. The fraction of sp³-hybridized carbons (Fsp3) is 0.294. The van der Waals surface area contributed by atoms with Crippen LogP contribution >= 0.6 is 0 Å². The molecule has 0 saturated carbocycles. The first kappa shape index (κ1) is 17.9. The topological polar surface area (TPSA) is 67.6 Å². The molecule has 142 valence electrons. The lowest BCUT2D eigenvalue weighted by molar-refractivity contribution is -0.137. The van der Waals surface area contributed by atoms with Crippen molar-refractivity contribution in [2.75, 3.05) is 6.54 Å². The monoisotopic (exact) mass is 396 g/mol. The molecule has 3 aromatic rings. The quantitative estimate of drug-likeness (QED) is 0.668. The summed E-state index contributed by atoms with van der Waals surface area (Å²) in [5.74, 6) is 0. The molecule has 0 aliphatic carbocycles. The third-order valence-electron chi connectivity index (χ3n) is 4.54. The van der Waals surface area contributed by atoms with E-state index in [-0.39, 0.29) is 18.0 Å². The molecule has 4 rings (SSSR count). The van der Waals surface area contributed by atoms with Crippen molar-refractivity contribution in [3.05, 3.63) is 59.0 Å². The highest BCUT2D eigenvalue weighted by atomic mass is 32.2. The number of aromatic nitrogens is 3. The van der Waals surface area contributed by atoms with E-state index in [1.165, 1.54) is 10.4 Å². The zero-order chi connectivity index (χ0) is 19.4. The molecule has 27 heavy (non-hydrogen) atoms. The molecule has 0 saturated heterocycles. The first-order chi connectivity index (χ1) is 12.7. The molecule has 0 N–H and O–H groups in total. The van der Waals surface area contributed by atoms with Gasteiger partial charge in [0, 0.05) is 37.3 Å². The van der Waals surface area contributed by atoms with Gasteiger partial charge in [0.1, 0.15) is 0 Å². The van der Waals surface area contributed by atoms with Crippen molar-refractivity contribution in [2.45, 2.75) is 31.0 Å². The van der Waals surface area contributed by atoms with Gasteiger partial charge in [-0.3, -0.25) is 0 Å². The Morgan fingerprint density at radius 3 is 2.70 bits per heavy atom. The van der Waals surface area contributed by atoms with Gasteiger partial charge in [-0.05, 0) is 25.1 Å². The maximum atomic E-state index is 12.9. The van der Waals surface area contributed by atoms with Crippen LogP contribution in [-0.4, -0.2) is 33.9 Å². The zero-order valence-electron chi connectivity index (χ0n) is 14.2. The second-order valence-electron chi connectivity index (χ2n) is 6.40. The number of hydrogen-bond acceptors (Lipinski definition) is 4. The molecule has 3 heterocycles. The van der Waals surface area contributed by atoms with E-state index in [1.54, 1.807) is 10.7 Å². The van der Waals surface area contributed by atoms with Gasteiger partial charge in [-0.15, -0.1) is 0 Å². The lowest BCUT2D eigenvalue weighted by atomic mass is 10.1. The van der Waals surface area contributed by atoms with Crippen molar-refractivity contribution < 1.29 is 21.6 Å². The summed E-state index contributed by atoms with van der Waals surface area (Å²) in [6, 6.07) is 5.63. The van der Waals surface area contributed by atoms with E-state index in [2.05, 4.69) is 10.1 Å². The fourth-order valence-electron chi connectivity index (χ4n) is 3.22. The standard InChI is InChI=1S/C17H15F3N4O2S/c1-11-7-16-21-9-12-10-23(6-5-15(12)24(16)22-11)27(25,26)14-4-2-3-13(8-14)17(18,19)20/h2-4,7-9H,5-6,10H2,1H3. The molecule has 1 aliphatic rings. The van der Waals surface area contributed by atoms with Gasteiger partial charge in [0.2, 0.25) is 10.0 Å². The van der Waals surface area contributed by atoms with E-state index < -0.39 is 21.8 Å². The van der Waals surface area contributed by atoms with Crippen LogP contribution in [0.1, 0.15) is 22.5 Å². The Kier molecular flexibility index (Phi) is 4.00. The average molecular weight is 396 g/mol. The first-order valence-electron chi connectivity index (χ1n) is 8.17. The Balaban J connectivity index is 1.70. The number of fused-ring (bicyclic) bond motifs is 3. The van der Waals surface area contributed by atoms with Crippen LogP contribution in [0.2, 0.25) is 0 Å². The number of alkyl halides is 3. The second-order valence-corrected chi connectivity index (χ2v) is 8.34. The largest absolute Gasteiger partial charge is 0.416 e. The molecule has 10 heteroatoms. The summed E-state index contributed by atoms with van der Waals surface area (Å²) in [6.07, 6.45) is -2.61. The summed E-state index contributed by atoms with van der Waals surface area (Å²) in [5.41, 5.74) is 2.04. The molecular weight excluding hydrogens is 381 g/mol. The summed E-state index contributed by atoms with van der Waals surface area (Å²) in [6.45, 7) is 2.04. The summed E-state index contributed by atoms with van der Waals surface area (Å²) >= 11 is 0. The van der Waals surface area contributed by atoms with Gasteiger partial charge < -0.3 is 0 Å². The van der Waals surface area contributed by atoms with Crippen LogP contribution in [0.15, 0.2) is 41.4 Å². The Labute approximate surface area is 153 Å². The molecule has 1 aromatic carbocycles. The molecule has 0 fully saturated rings. The molecule has 0 radical (unpaired) electrons. The lowest BCUT2D eigenvalue weighted by Crippen LogP contribution is -2.37. The van der Waals surface area contributed by atoms with E-state index in [0.717, 1.165) is 23.5 Å². The van der Waals surface area contributed by atoms with Crippen molar-refractivity contribution in [3.8, 4) is 0 Å². The van der Waals surface area contributed by atoms with Crippen LogP contribution in [0.5, 0.6) is 0 Å². The summed E-state index contributed by atoms with van der Waals surface area (Å²) in [7, 11) is -4.06. The van der Waals surface area contributed by atoms with Gasteiger partial charge in [-0.2, -0.15) is 22.6 Å². The number of aryl methyl sites for hydroxylation is 1. The van der Waals surface area contributed by atoms with Crippen LogP contribution in [0, 0.1) is 6.92 Å². The summed E-state index contributed by atoms with van der Waals surface area (Å²) in [5, 5.41) is 4.37. The molecule has 0 amide bonds. The smallest absolute Gasteiger partial charge is 0.237 e. The SMILES string of the molecule is Cc1cc2ncc3c(n2n1)CCN(S(=O)(=O)c1cccc(C(F)(F)F)c1)C3. The highest BCUT2D eigenvalue weighted by molar-refractivity contribution is 7.89. The van der Waals surface area contributed by atoms with Crippen molar-refractivity contribution in [3.63, 3.8) is 0 Å². The summed E-state index contributed by atoms with van der Waals surface area (Å²) < 4.78 is 67.3. The Hall–Kier alpha value is -2.46. The lowest BCUT2D eigenvalue weighted by Gasteiger charge is -2.28. The van der Waals surface area contributed by atoms with E-state index in [0.29, 0.717) is 23.7 Å². The molecular formula is C17H15F3N4O2S. The third-order valence-corrected chi connectivity index (χ3v) is 6.38. The average Bonchev–Trinajstić information content (AvgIpc) is 3.01. The second kappa shape index (κ2) is 6.03. The van der Waals surface area contributed by atoms with Crippen molar-refractivity contribution >= 4 is 15.7 Å². The van der Waals surface area contributed by atoms with Crippen LogP contribution in [0.4, 0.5) is 13.2 Å². The number of nitrogens with zero attached hydrogens (tertiary/aromatic N) is 4. The van der Waals surface area contributed by atoms with Gasteiger partial charge >= 0.3 is 6.18 Å². The predicted octanol–water partition coefficient (Wildman–Crippen LogP) is 2.80. The number of benzene rings is 1. The van der Waals surface area contributed by atoms with Gasteiger partial charge in [0.15, 0.2) is 5.65 Å². The molecule has 0 unspecified atom stereocenters. The van der Waals surface area contributed by atoms with Gasteiger partial charge in [0.05, 0.1) is 21.8 Å². The van der Waals surface area contributed by atoms with Crippen LogP contribution in [0.3, 0.4) is 0 Å². The first-order valence-corrected chi connectivity index (χ1v) is 9.61. The third kappa shape index (κ3) is 3.08. The number of hydrogen-bond donors (Lipinski definition) is 0. The molecule has 0 spiro atoms. The zero-order valence-corrected chi connectivity index (χ0v) is 15.0.